The second-order valence-corrected chi connectivity index (χ2v) is 4.45. The lowest BCUT2D eigenvalue weighted by Crippen LogP contribution is -2.19. The maximum absolute atomic E-state index is 3.99. The Morgan fingerprint density at radius 1 is 1.31 bits per heavy atom. The molecule has 1 aromatic heterocycles. The Bertz CT molecular complexity index is 399. The van der Waals surface area contributed by atoms with E-state index in [2.05, 4.69) is 46.1 Å². The van der Waals surface area contributed by atoms with E-state index in [-0.39, 0.29) is 0 Å². The first-order chi connectivity index (χ1) is 7.86. The molecule has 1 unspecified atom stereocenters. The van der Waals surface area contributed by atoms with Gasteiger partial charge in [-0.05, 0) is 23.0 Å². The maximum atomic E-state index is 3.99. The number of nitrogens with one attached hydrogen (secondary N) is 1. The van der Waals surface area contributed by atoms with Crippen molar-refractivity contribution in [3.63, 3.8) is 0 Å². The summed E-state index contributed by atoms with van der Waals surface area (Å²) in [6.45, 7) is 3.98. The molecule has 16 heavy (non-hydrogen) atoms. The number of hydrogen-bond acceptors (Lipinski definition) is 4. The molecule has 0 aliphatic heterocycles. The smallest absolute Gasteiger partial charge is 0.0893 e. The summed E-state index contributed by atoms with van der Waals surface area (Å²) in [5.41, 5.74) is 2.39. The summed E-state index contributed by atoms with van der Waals surface area (Å²) in [7, 11) is 0. The molecular formula is C12H15N3S. The van der Waals surface area contributed by atoms with Crippen LogP contribution in [0.4, 0.5) is 0 Å². The molecule has 0 amide bonds. The van der Waals surface area contributed by atoms with Crippen molar-refractivity contribution in [1.29, 1.82) is 0 Å². The normalized spacial score (nSPS) is 12.6. The average Bonchev–Trinajstić information content (AvgIpc) is 2.83. The number of hydrogen-bond donors (Lipinski definition) is 1. The number of aromatic nitrogens is 2. The van der Waals surface area contributed by atoms with E-state index in [1.54, 1.807) is 0 Å². The predicted octanol–water partition coefficient (Wildman–Crippen LogP) is 2.43. The zero-order valence-electron chi connectivity index (χ0n) is 9.26. The lowest BCUT2D eigenvalue weighted by molar-refractivity contribution is 0.607. The van der Waals surface area contributed by atoms with E-state index in [0.29, 0.717) is 5.92 Å². The van der Waals surface area contributed by atoms with Crippen molar-refractivity contribution >= 4 is 11.5 Å². The fourth-order valence-corrected chi connectivity index (χ4v) is 2.03. The third-order valence-electron chi connectivity index (χ3n) is 2.53. The van der Waals surface area contributed by atoms with Crippen LogP contribution in [0.3, 0.4) is 0 Å². The topological polar surface area (TPSA) is 37.8 Å². The molecule has 84 valence electrons. The van der Waals surface area contributed by atoms with Gasteiger partial charge in [0, 0.05) is 18.5 Å². The second-order valence-electron chi connectivity index (χ2n) is 3.84. The van der Waals surface area contributed by atoms with Gasteiger partial charge in [0.05, 0.1) is 5.69 Å². The molecule has 0 radical (unpaired) electrons. The molecule has 2 aromatic rings. The van der Waals surface area contributed by atoms with E-state index < -0.39 is 0 Å². The van der Waals surface area contributed by atoms with Gasteiger partial charge in [0.1, 0.15) is 0 Å². The second kappa shape index (κ2) is 5.72. The van der Waals surface area contributed by atoms with E-state index in [1.165, 1.54) is 17.1 Å². The SMILES string of the molecule is CC(CNCc1csnn1)c1ccccc1. The largest absolute Gasteiger partial charge is 0.310 e. The van der Waals surface area contributed by atoms with Gasteiger partial charge in [-0.25, -0.2) is 0 Å². The first-order valence-corrected chi connectivity index (χ1v) is 6.21. The monoisotopic (exact) mass is 233 g/mol. The highest BCUT2D eigenvalue weighted by molar-refractivity contribution is 7.03. The molecule has 0 saturated carbocycles. The van der Waals surface area contributed by atoms with Crippen LogP contribution in [0, 0.1) is 0 Å². The van der Waals surface area contributed by atoms with E-state index in [0.717, 1.165) is 18.8 Å². The summed E-state index contributed by atoms with van der Waals surface area (Å²) in [5, 5.41) is 9.35. The molecule has 2 rings (SSSR count). The van der Waals surface area contributed by atoms with Crippen molar-refractivity contribution in [1.82, 2.24) is 14.9 Å². The Morgan fingerprint density at radius 3 is 2.81 bits per heavy atom. The van der Waals surface area contributed by atoms with Crippen molar-refractivity contribution in [2.45, 2.75) is 19.4 Å². The molecule has 1 atom stereocenters. The molecule has 0 spiro atoms. The number of rotatable bonds is 5. The van der Waals surface area contributed by atoms with Gasteiger partial charge in [0.15, 0.2) is 0 Å². The van der Waals surface area contributed by atoms with Crippen LogP contribution in [-0.4, -0.2) is 16.1 Å². The summed E-state index contributed by atoms with van der Waals surface area (Å²) < 4.78 is 3.83. The highest BCUT2D eigenvalue weighted by Crippen LogP contribution is 2.13. The van der Waals surface area contributed by atoms with Gasteiger partial charge in [-0.15, -0.1) is 5.10 Å². The van der Waals surface area contributed by atoms with Crippen molar-refractivity contribution in [2.75, 3.05) is 6.54 Å². The summed E-state index contributed by atoms with van der Waals surface area (Å²) >= 11 is 1.39. The highest BCUT2D eigenvalue weighted by Gasteiger charge is 2.04. The molecule has 1 aromatic carbocycles. The van der Waals surface area contributed by atoms with Crippen molar-refractivity contribution < 1.29 is 0 Å². The quantitative estimate of drug-likeness (QED) is 0.862. The molecule has 0 saturated heterocycles. The molecule has 0 aliphatic carbocycles. The van der Waals surface area contributed by atoms with Crippen LogP contribution < -0.4 is 5.32 Å². The minimum absolute atomic E-state index is 0.521. The van der Waals surface area contributed by atoms with Gasteiger partial charge in [0.25, 0.3) is 0 Å². The van der Waals surface area contributed by atoms with Crippen LogP contribution >= 0.6 is 11.5 Å². The van der Waals surface area contributed by atoms with E-state index in [4.69, 9.17) is 0 Å². The first-order valence-electron chi connectivity index (χ1n) is 5.38. The van der Waals surface area contributed by atoms with Crippen LogP contribution in [0.1, 0.15) is 24.1 Å². The Balaban J connectivity index is 1.78. The van der Waals surface area contributed by atoms with Gasteiger partial charge < -0.3 is 5.32 Å². The minimum atomic E-state index is 0.521. The summed E-state index contributed by atoms with van der Waals surface area (Å²) in [4.78, 5) is 0. The summed E-state index contributed by atoms with van der Waals surface area (Å²) in [6.07, 6.45) is 0. The molecule has 1 N–H and O–H groups in total. The average molecular weight is 233 g/mol. The third-order valence-corrected chi connectivity index (χ3v) is 3.08. The zero-order chi connectivity index (χ0) is 11.2. The Kier molecular flexibility index (Phi) is 4.02. The Hall–Kier alpha value is -1.26. The van der Waals surface area contributed by atoms with Crippen LogP contribution in [0.2, 0.25) is 0 Å². The van der Waals surface area contributed by atoms with Gasteiger partial charge in [-0.3, -0.25) is 0 Å². The van der Waals surface area contributed by atoms with Gasteiger partial charge in [-0.1, -0.05) is 41.7 Å². The van der Waals surface area contributed by atoms with Crippen LogP contribution in [0.15, 0.2) is 35.7 Å². The van der Waals surface area contributed by atoms with Crippen molar-refractivity contribution in [3.05, 3.63) is 47.0 Å². The van der Waals surface area contributed by atoms with Gasteiger partial charge >= 0.3 is 0 Å². The van der Waals surface area contributed by atoms with Crippen molar-refractivity contribution in [2.24, 2.45) is 0 Å². The standard InChI is InChI=1S/C12H15N3S/c1-10(11-5-3-2-4-6-11)7-13-8-12-9-16-15-14-12/h2-6,9-10,13H,7-8H2,1H3. The molecule has 0 fully saturated rings. The Labute approximate surface area is 99.7 Å². The highest BCUT2D eigenvalue weighted by atomic mass is 32.1. The molecular weight excluding hydrogens is 218 g/mol. The summed E-state index contributed by atoms with van der Waals surface area (Å²) in [5.74, 6) is 0.521. The first kappa shape index (κ1) is 11.2. The zero-order valence-corrected chi connectivity index (χ0v) is 10.1. The van der Waals surface area contributed by atoms with Crippen molar-refractivity contribution in [3.8, 4) is 0 Å². The maximum Gasteiger partial charge on any atom is 0.0893 e. The van der Waals surface area contributed by atoms with E-state index in [1.807, 2.05) is 11.4 Å². The fourth-order valence-electron chi connectivity index (χ4n) is 1.58. The molecule has 0 bridgehead atoms. The predicted molar refractivity (Wildman–Crippen MR) is 66.5 cm³/mol. The summed E-state index contributed by atoms with van der Waals surface area (Å²) in [6, 6.07) is 10.5. The third kappa shape index (κ3) is 3.12. The molecule has 1 heterocycles. The lowest BCUT2D eigenvalue weighted by Gasteiger charge is -2.12. The van der Waals surface area contributed by atoms with E-state index in [9.17, 15) is 0 Å². The molecule has 4 heteroatoms. The van der Waals surface area contributed by atoms with Crippen LogP contribution in [0.25, 0.3) is 0 Å². The van der Waals surface area contributed by atoms with Gasteiger partial charge in [0.2, 0.25) is 0 Å². The Morgan fingerprint density at radius 2 is 2.12 bits per heavy atom. The minimum Gasteiger partial charge on any atom is -0.310 e. The lowest BCUT2D eigenvalue weighted by atomic mass is 10.0. The molecule has 3 nitrogen and oxygen atoms in total. The number of benzene rings is 1. The number of nitrogens with zero attached hydrogens (tertiary/aromatic N) is 2. The van der Waals surface area contributed by atoms with E-state index >= 15 is 0 Å². The van der Waals surface area contributed by atoms with Crippen LogP contribution in [0.5, 0.6) is 0 Å². The van der Waals surface area contributed by atoms with Crippen LogP contribution in [-0.2, 0) is 6.54 Å². The molecule has 0 aliphatic rings. The fraction of sp³-hybridized carbons (Fsp3) is 0.333. The van der Waals surface area contributed by atoms with Gasteiger partial charge in [-0.2, -0.15) is 0 Å².